The van der Waals surface area contributed by atoms with Crippen molar-refractivity contribution in [2.75, 3.05) is 5.75 Å². The van der Waals surface area contributed by atoms with Crippen LogP contribution in [0.15, 0.2) is 0 Å². The lowest BCUT2D eigenvalue weighted by Gasteiger charge is -2.28. The van der Waals surface area contributed by atoms with Crippen LogP contribution in [0.5, 0.6) is 0 Å². The summed E-state index contributed by atoms with van der Waals surface area (Å²) in [7, 11) is 0. The highest BCUT2D eigenvalue weighted by atomic mass is 32.2. The summed E-state index contributed by atoms with van der Waals surface area (Å²) in [6.07, 6.45) is 0.702. The van der Waals surface area contributed by atoms with E-state index in [1.54, 1.807) is 6.92 Å². The van der Waals surface area contributed by atoms with Crippen LogP contribution in [0.25, 0.3) is 0 Å². The molecule has 1 heterocycles. The smallest absolute Gasteiger partial charge is 0.327 e. The van der Waals surface area contributed by atoms with Crippen molar-refractivity contribution < 1.29 is 19.5 Å². The molecule has 1 fully saturated rings. The molecule has 0 aliphatic carbocycles. The Balaban J connectivity index is 2.70. The second-order valence-corrected chi connectivity index (χ2v) is 5.69. The molecule has 108 valence electrons. The molecular weight excluding hydrogens is 270 g/mol. The van der Waals surface area contributed by atoms with Gasteiger partial charge in [0.25, 0.3) is 0 Å². The van der Waals surface area contributed by atoms with Crippen molar-refractivity contribution in [1.82, 2.24) is 10.2 Å². The third-order valence-corrected chi connectivity index (χ3v) is 4.29. The van der Waals surface area contributed by atoms with Gasteiger partial charge in [-0.25, -0.2) is 9.59 Å². The number of primary amides is 1. The Bertz CT molecular complexity index is 377. The summed E-state index contributed by atoms with van der Waals surface area (Å²) >= 11 is 1.45. The Kier molecular flexibility index (Phi) is 5.46. The maximum absolute atomic E-state index is 12.1. The van der Waals surface area contributed by atoms with E-state index in [4.69, 9.17) is 10.8 Å². The minimum absolute atomic E-state index is 0.0290. The lowest BCUT2D eigenvalue weighted by atomic mass is 10.2. The Morgan fingerprint density at radius 1 is 1.53 bits per heavy atom. The second-order valence-electron chi connectivity index (χ2n) is 4.48. The van der Waals surface area contributed by atoms with Gasteiger partial charge in [0.15, 0.2) is 0 Å². The first-order valence-corrected chi connectivity index (χ1v) is 7.13. The Morgan fingerprint density at radius 2 is 2.16 bits per heavy atom. The second kappa shape index (κ2) is 6.65. The van der Waals surface area contributed by atoms with E-state index < -0.39 is 30.0 Å². The highest BCUT2D eigenvalue weighted by Gasteiger charge is 2.41. The predicted molar refractivity (Wildman–Crippen MR) is 71.6 cm³/mol. The van der Waals surface area contributed by atoms with Crippen molar-refractivity contribution >= 4 is 29.7 Å². The van der Waals surface area contributed by atoms with Crippen LogP contribution < -0.4 is 11.1 Å². The number of rotatable bonds is 5. The zero-order valence-corrected chi connectivity index (χ0v) is 11.8. The monoisotopic (exact) mass is 289 g/mol. The molecule has 0 saturated carbocycles. The molecule has 0 radical (unpaired) electrons. The Labute approximate surface area is 115 Å². The molecule has 3 atom stereocenters. The number of nitrogens with zero attached hydrogens (tertiary/aromatic N) is 1. The number of hydrogen-bond acceptors (Lipinski definition) is 4. The molecule has 0 aromatic heterocycles. The molecule has 8 heteroatoms. The van der Waals surface area contributed by atoms with E-state index in [0.717, 1.165) is 0 Å². The summed E-state index contributed by atoms with van der Waals surface area (Å²) in [5.74, 6) is -1.14. The van der Waals surface area contributed by atoms with Crippen LogP contribution in [0.2, 0.25) is 0 Å². The van der Waals surface area contributed by atoms with E-state index >= 15 is 0 Å². The van der Waals surface area contributed by atoms with Crippen LogP contribution in [0.1, 0.15) is 26.7 Å². The molecule has 1 aliphatic rings. The largest absolute Gasteiger partial charge is 0.480 e. The van der Waals surface area contributed by atoms with Crippen LogP contribution in [0.4, 0.5) is 4.79 Å². The fourth-order valence-corrected chi connectivity index (χ4v) is 3.33. The van der Waals surface area contributed by atoms with Crippen molar-refractivity contribution in [3.63, 3.8) is 0 Å². The van der Waals surface area contributed by atoms with E-state index in [1.807, 2.05) is 6.92 Å². The van der Waals surface area contributed by atoms with E-state index in [-0.39, 0.29) is 11.8 Å². The summed E-state index contributed by atoms with van der Waals surface area (Å²) in [5.41, 5.74) is 5.05. The van der Waals surface area contributed by atoms with Crippen LogP contribution in [-0.4, -0.2) is 51.1 Å². The summed E-state index contributed by atoms with van der Waals surface area (Å²) in [6, 6.07) is -1.70. The number of carboxylic acids is 1. The molecule has 19 heavy (non-hydrogen) atoms. The van der Waals surface area contributed by atoms with Gasteiger partial charge in [0.05, 0.1) is 5.37 Å². The number of hydrogen-bond donors (Lipinski definition) is 3. The van der Waals surface area contributed by atoms with Crippen LogP contribution in [0, 0.1) is 0 Å². The quantitative estimate of drug-likeness (QED) is 0.669. The zero-order valence-electron chi connectivity index (χ0n) is 11.0. The fourth-order valence-electron chi connectivity index (χ4n) is 1.98. The van der Waals surface area contributed by atoms with Gasteiger partial charge < -0.3 is 16.2 Å². The van der Waals surface area contributed by atoms with Gasteiger partial charge >= 0.3 is 12.0 Å². The highest BCUT2D eigenvalue weighted by molar-refractivity contribution is 8.00. The van der Waals surface area contributed by atoms with Gasteiger partial charge in [0, 0.05) is 18.2 Å². The number of urea groups is 1. The zero-order chi connectivity index (χ0) is 14.6. The van der Waals surface area contributed by atoms with Crippen LogP contribution in [-0.2, 0) is 9.59 Å². The third kappa shape index (κ3) is 4.02. The molecule has 7 nitrogen and oxygen atoms in total. The van der Waals surface area contributed by atoms with Gasteiger partial charge in [-0.2, -0.15) is 0 Å². The highest BCUT2D eigenvalue weighted by Crippen LogP contribution is 2.31. The van der Waals surface area contributed by atoms with Crippen molar-refractivity contribution in [2.45, 2.75) is 44.1 Å². The van der Waals surface area contributed by atoms with Gasteiger partial charge in [-0.1, -0.05) is 6.92 Å². The first kappa shape index (κ1) is 15.6. The van der Waals surface area contributed by atoms with E-state index in [0.29, 0.717) is 12.2 Å². The van der Waals surface area contributed by atoms with Gasteiger partial charge in [-0.3, -0.25) is 9.69 Å². The number of amides is 3. The number of thioether (sulfide) groups is 1. The SMILES string of the molecule is CCC1SCC(C(=O)O)N1C(=O)NC(C)CC(N)=O. The van der Waals surface area contributed by atoms with Gasteiger partial charge in [0.2, 0.25) is 5.91 Å². The molecule has 0 aromatic rings. The normalized spacial score (nSPS) is 24.0. The molecule has 4 N–H and O–H groups in total. The van der Waals surface area contributed by atoms with Crippen molar-refractivity contribution in [2.24, 2.45) is 5.73 Å². The molecule has 3 amide bonds. The lowest BCUT2D eigenvalue weighted by molar-refractivity contribution is -0.141. The maximum Gasteiger partial charge on any atom is 0.327 e. The average molecular weight is 289 g/mol. The van der Waals surface area contributed by atoms with Crippen molar-refractivity contribution in [3.05, 3.63) is 0 Å². The summed E-state index contributed by atoms with van der Waals surface area (Å²) in [5, 5.41) is 11.6. The number of carboxylic acid groups (broad SMARTS) is 1. The van der Waals surface area contributed by atoms with Gasteiger partial charge in [0.1, 0.15) is 6.04 Å². The molecule has 1 rings (SSSR count). The topological polar surface area (TPSA) is 113 Å². The predicted octanol–water partition coefficient (Wildman–Crippen LogP) is 0.198. The van der Waals surface area contributed by atoms with Crippen LogP contribution in [0.3, 0.4) is 0 Å². The third-order valence-electron chi connectivity index (χ3n) is 2.84. The fraction of sp³-hybridized carbons (Fsp3) is 0.727. The lowest BCUT2D eigenvalue weighted by Crippen LogP contribution is -2.52. The van der Waals surface area contributed by atoms with E-state index in [1.165, 1.54) is 16.7 Å². The molecule has 1 saturated heterocycles. The number of carbonyl (C=O) groups excluding carboxylic acids is 2. The summed E-state index contributed by atoms with van der Waals surface area (Å²) < 4.78 is 0. The Hall–Kier alpha value is -1.44. The molecule has 3 unspecified atom stereocenters. The standard InChI is InChI=1S/C11H19N3O4S/c1-3-9-14(7(5-19-9)10(16)17)11(18)13-6(2)4-8(12)15/h6-7,9H,3-5H2,1-2H3,(H2,12,15)(H,13,18)(H,16,17). The van der Waals surface area contributed by atoms with Crippen LogP contribution >= 0.6 is 11.8 Å². The summed E-state index contributed by atoms with van der Waals surface area (Å²) in [6.45, 7) is 3.55. The number of nitrogens with two attached hydrogens (primary N) is 1. The van der Waals surface area contributed by atoms with Crippen molar-refractivity contribution in [1.29, 1.82) is 0 Å². The van der Waals surface area contributed by atoms with Crippen molar-refractivity contribution in [3.8, 4) is 0 Å². The summed E-state index contributed by atoms with van der Waals surface area (Å²) in [4.78, 5) is 35.3. The first-order chi connectivity index (χ1) is 8.86. The molecule has 0 spiro atoms. The Morgan fingerprint density at radius 3 is 2.63 bits per heavy atom. The minimum atomic E-state index is -1.01. The van der Waals surface area contributed by atoms with E-state index in [2.05, 4.69) is 5.32 Å². The average Bonchev–Trinajstić information content (AvgIpc) is 2.70. The number of nitrogens with one attached hydrogen (secondary N) is 1. The first-order valence-electron chi connectivity index (χ1n) is 6.08. The number of carbonyl (C=O) groups is 3. The minimum Gasteiger partial charge on any atom is -0.480 e. The molecule has 0 bridgehead atoms. The maximum atomic E-state index is 12.1. The molecule has 1 aliphatic heterocycles. The van der Waals surface area contributed by atoms with E-state index in [9.17, 15) is 14.4 Å². The number of aliphatic carboxylic acids is 1. The molecular formula is C11H19N3O4S. The van der Waals surface area contributed by atoms with Gasteiger partial charge in [-0.05, 0) is 13.3 Å². The van der Waals surface area contributed by atoms with Gasteiger partial charge in [-0.15, -0.1) is 11.8 Å². The molecule has 0 aromatic carbocycles.